The van der Waals surface area contributed by atoms with Gasteiger partial charge in [-0.1, -0.05) is 23.2 Å². The summed E-state index contributed by atoms with van der Waals surface area (Å²) in [5.74, 6) is 0. The van der Waals surface area contributed by atoms with Gasteiger partial charge in [0, 0.05) is 25.3 Å². The van der Waals surface area contributed by atoms with Crippen molar-refractivity contribution in [2.75, 3.05) is 39.0 Å². The Bertz CT molecular complexity index is 584. The van der Waals surface area contributed by atoms with E-state index < -0.39 is 10.0 Å². The summed E-state index contributed by atoms with van der Waals surface area (Å²) in [6.07, 6.45) is 0.778. The number of benzene rings is 1. The number of halogens is 2. The monoisotopic (exact) mass is 337 g/mol. The second-order valence-corrected chi connectivity index (χ2v) is 7.56. The molecule has 0 unspecified atom stereocenters. The fraction of sp³-hybridized carbons (Fsp3) is 0.500. The average molecular weight is 338 g/mol. The summed E-state index contributed by atoms with van der Waals surface area (Å²) in [5, 5.41) is 0.125. The Balaban J connectivity index is 2.40. The first kappa shape index (κ1) is 15.9. The molecule has 0 bridgehead atoms. The Hall–Kier alpha value is -0.530. The van der Waals surface area contributed by atoms with E-state index in [4.69, 9.17) is 28.9 Å². The van der Waals surface area contributed by atoms with Gasteiger partial charge in [-0.2, -0.15) is 4.31 Å². The van der Waals surface area contributed by atoms with Crippen LogP contribution >= 0.6 is 23.2 Å². The molecule has 0 spiro atoms. The number of hydrogen-bond acceptors (Lipinski definition) is 4. The van der Waals surface area contributed by atoms with Gasteiger partial charge in [-0.15, -0.1) is 0 Å². The SMILES string of the molecule is CN1CCCN(S(=O)(=O)c2c(Cl)cc(N)cc2Cl)CC1. The van der Waals surface area contributed by atoms with Gasteiger partial charge in [0.25, 0.3) is 0 Å². The van der Waals surface area contributed by atoms with Crippen LogP contribution in [0.3, 0.4) is 0 Å². The van der Waals surface area contributed by atoms with Gasteiger partial charge in [0.1, 0.15) is 4.90 Å². The van der Waals surface area contributed by atoms with Crippen molar-refractivity contribution >= 4 is 38.9 Å². The molecule has 0 atom stereocenters. The number of nitrogens with zero attached hydrogens (tertiary/aromatic N) is 2. The number of nitrogens with two attached hydrogens (primary N) is 1. The van der Waals surface area contributed by atoms with Crippen molar-refractivity contribution in [2.45, 2.75) is 11.3 Å². The third-order valence-corrected chi connectivity index (χ3v) is 6.12. The van der Waals surface area contributed by atoms with Crippen LogP contribution in [0.25, 0.3) is 0 Å². The highest BCUT2D eigenvalue weighted by molar-refractivity contribution is 7.89. The van der Waals surface area contributed by atoms with Gasteiger partial charge in [-0.05, 0) is 32.1 Å². The predicted octanol–water partition coefficient (Wildman–Crippen LogP) is 1.90. The molecular weight excluding hydrogens is 321 g/mol. The lowest BCUT2D eigenvalue weighted by Gasteiger charge is -2.21. The number of likely N-dealkylation sites (N-methyl/N-ethyl adjacent to an activating group) is 1. The van der Waals surface area contributed by atoms with E-state index in [0.29, 0.717) is 25.3 Å². The van der Waals surface area contributed by atoms with Crippen LogP contribution in [0.4, 0.5) is 5.69 Å². The number of rotatable bonds is 2. The molecular formula is C12H17Cl2N3O2S. The van der Waals surface area contributed by atoms with Crippen molar-refractivity contribution in [3.63, 3.8) is 0 Å². The molecule has 1 aromatic carbocycles. The predicted molar refractivity (Wildman–Crippen MR) is 81.7 cm³/mol. The van der Waals surface area contributed by atoms with Crippen molar-refractivity contribution in [3.8, 4) is 0 Å². The van der Waals surface area contributed by atoms with Crippen molar-refractivity contribution in [1.82, 2.24) is 9.21 Å². The van der Waals surface area contributed by atoms with Crippen LogP contribution in [0, 0.1) is 0 Å². The van der Waals surface area contributed by atoms with Gasteiger partial charge in [-0.25, -0.2) is 8.42 Å². The Labute approximate surface area is 129 Å². The normalized spacial score (nSPS) is 18.9. The van der Waals surface area contributed by atoms with Crippen LogP contribution in [0.1, 0.15) is 6.42 Å². The minimum atomic E-state index is -3.70. The second-order valence-electron chi connectivity index (χ2n) is 4.87. The van der Waals surface area contributed by atoms with Crippen molar-refractivity contribution in [1.29, 1.82) is 0 Å². The van der Waals surface area contributed by atoms with Gasteiger partial charge in [-0.3, -0.25) is 0 Å². The minimum Gasteiger partial charge on any atom is -0.399 e. The zero-order chi connectivity index (χ0) is 14.9. The average Bonchev–Trinajstić information content (AvgIpc) is 2.52. The molecule has 5 nitrogen and oxygen atoms in total. The zero-order valence-corrected chi connectivity index (χ0v) is 13.5. The molecule has 0 aromatic heterocycles. The molecule has 0 saturated carbocycles. The molecule has 1 fully saturated rings. The molecule has 0 aliphatic carbocycles. The van der Waals surface area contributed by atoms with Crippen molar-refractivity contribution in [2.24, 2.45) is 0 Å². The Morgan fingerprint density at radius 2 is 1.70 bits per heavy atom. The molecule has 0 amide bonds. The van der Waals surface area contributed by atoms with Gasteiger partial charge in [0.2, 0.25) is 10.0 Å². The summed E-state index contributed by atoms with van der Waals surface area (Å²) in [4.78, 5) is 2.04. The van der Waals surface area contributed by atoms with Crippen molar-refractivity contribution in [3.05, 3.63) is 22.2 Å². The van der Waals surface area contributed by atoms with Gasteiger partial charge < -0.3 is 10.6 Å². The maximum Gasteiger partial charge on any atom is 0.246 e. The van der Waals surface area contributed by atoms with E-state index in [9.17, 15) is 8.42 Å². The summed E-state index contributed by atoms with van der Waals surface area (Å²) in [6, 6.07) is 2.81. The van der Waals surface area contributed by atoms with Crippen LogP contribution in [-0.2, 0) is 10.0 Å². The third-order valence-electron chi connectivity index (χ3n) is 3.30. The molecule has 1 aliphatic rings. The maximum absolute atomic E-state index is 12.7. The molecule has 2 N–H and O–H groups in total. The topological polar surface area (TPSA) is 66.6 Å². The molecule has 8 heteroatoms. The summed E-state index contributed by atoms with van der Waals surface area (Å²) < 4.78 is 26.8. The van der Waals surface area contributed by atoms with Crippen LogP contribution < -0.4 is 5.73 Å². The minimum absolute atomic E-state index is 0.0559. The van der Waals surface area contributed by atoms with E-state index in [-0.39, 0.29) is 14.9 Å². The highest BCUT2D eigenvalue weighted by atomic mass is 35.5. The summed E-state index contributed by atoms with van der Waals surface area (Å²) >= 11 is 12.1. The van der Waals surface area contributed by atoms with E-state index >= 15 is 0 Å². The molecule has 112 valence electrons. The first-order valence-corrected chi connectivity index (χ1v) is 8.45. The van der Waals surface area contributed by atoms with Crippen molar-refractivity contribution < 1.29 is 8.42 Å². The second kappa shape index (κ2) is 6.07. The van der Waals surface area contributed by atoms with Crippen LogP contribution in [0.2, 0.25) is 10.0 Å². The maximum atomic E-state index is 12.7. The van der Waals surface area contributed by atoms with E-state index in [2.05, 4.69) is 4.90 Å². The van der Waals surface area contributed by atoms with E-state index in [1.54, 1.807) is 0 Å². The highest BCUT2D eigenvalue weighted by Gasteiger charge is 2.30. The van der Waals surface area contributed by atoms with Gasteiger partial charge in [0.15, 0.2) is 0 Å². The van der Waals surface area contributed by atoms with Crippen LogP contribution in [-0.4, -0.2) is 50.8 Å². The van der Waals surface area contributed by atoms with Gasteiger partial charge >= 0.3 is 0 Å². The summed E-state index contributed by atoms with van der Waals surface area (Å²) in [5.41, 5.74) is 5.95. The first-order valence-electron chi connectivity index (χ1n) is 6.25. The lowest BCUT2D eigenvalue weighted by atomic mass is 10.3. The smallest absolute Gasteiger partial charge is 0.246 e. The molecule has 0 radical (unpaired) electrons. The summed E-state index contributed by atoms with van der Waals surface area (Å²) in [6.45, 7) is 2.44. The molecule has 2 rings (SSSR count). The Morgan fingerprint density at radius 3 is 2.30 bits per heavy atom. The standard InChI is InChI=1S/C12H17Cl2N3O2S/c1-16-3-2-4-17(6-5-16)20(18,19)12-10(13)7-9(15)8-11(12)14/h7-8H,2-6,15H2,1H3. The molecule has 1 saturated heterocycles. The number of sulfonamides is 1. The van der Waals surface area contributed by atoms with Crippen LogP contribution in [0.5, 0.6) is 0 Å². The number of anilines is 1. The fourth-order valence-electron chi connectivity index (χ4n) is 2.22. The Morgan fingerprint density at radius 1 is 1.10 bits per heavy atom. The Kier molecular flexibility index (Phi) is 4.81. The summed E-state index contributed by atoms with van der Waals surface area (Å²) in [7, 11) is -1.73. The zero-order valence-electron chi connectivity index (χ0n) is 11.1. The fourth-order valence-corrected chi connectivity index (χ4v) is 4.87. The lowest BCUT2D eigenvalue weighted by molar-refractivity contribution is 0.347. The molecule has 1 aliphatic heterocycles. The first-order chi connectivity index (χ1) is 9.32. The van der Waals surface area contributed by atoms with E-state index in [1.165, 1.54) is 16.4 Å². The van der Waals surface area contributed by atoms with Gasteiger partial charge in [0.05, 0.1) is 10.0 Å². The molecule has 20 heavy (non-hydrogen) atoms. The van der Waals surface area contributed by atoms with E-state index in [0.717, 1.165) is 13.0 Å². The number of nitrogen functional groups attached to an aromatic ring is 1. The largest absolute Gasteiger partial charge is 0.399 e. The van der Waals surface area contributed by atoms with Crippen LogP contribution in [0.15, 0.2) is 17.0 Å². The quantitative estimate of drug-likeness (QED) is 0.837. The molecule has 1 heterocycles. The lowest BCUT2D eigenvalue weighted by Crippen LogP contribution is -2.34. The highest BCUT2D eigenvalue weighted by Crippen LogP contribution is 2.34. The third kappa shape index (κ3) is 3.20. The number of hydrogen-bond donors (Lipinski definition) is 1. The molecule has 1 aromatic rings. The van der Waals surface area contributed by atoms with E-state index in [1.807, 2.05) is 7.05 Å².